The van der Waals surface area contributed by atoms with E-state index in [4.69, 9.17) is 0 Å². The van der Waals surface area contributed by atoms with Crippen LogP contribution in [0.25, 0.3) is 0 Å². The lowest BCUT2D eigenvalue weighted by atomic mass is 9.90. The SMILES string of the molecule is CCc1c(Cc2ccccc2)cc(C)c(N(CC)C(=O)c2ccc(C(=O)[O-])cc2)c1C.C[NH3+]. The quantitative estimate of drug-likeness (QED) is 0.604. The van der Waals surface area contributed by atoms with E-state index < -0.39 is 5.97 Å². The third-order valence-corrected chi connectivity index (χ3v) is 5.75. The van der Waals surface area contributed by atoms with Gasteiger partial charge in [-0.1, -0.05) is 55.5 Å². The highest BCUT2D eigenvalue weighted by atomic mass is 16.4. The second kappa shape index (κ2) is 12.0. The Labute approximate surface area is 196 Å². The van der Waals surface area contributed by atoms with Crippen molar-refractivity contribution >= 4 is 17.6 Å². The van der Waals surface area contributed by atoms with E-state index in [0.29, 0.717) is 12.1 Å². The Morgan fingerprint density at radius 3 is 2.00 bits per heavy atom. The van der Waals surface area contributed by atoms with Gasteiger partial charge in [-0.3, -0.25) is 4.79 Å². The van der Waals surface area contributed by atoms with Crippen LogP contribution in [0.15, 0.2) is 60.7 Å². The van der Waals surface area contributed by atoms with Crippen molar-refractivity contribution < 1.29 is 20.4 Å². The monoisotopic (exact) mass is 446 g/mol. The number of hydrogen-bond donors (Lipinski definition) is 1. The van der Waals surface area contributed by atoms with Crippen molar-refractivity contribution in [1.82, 2.24) is 0 Å². The molecule has 3 aromatic carbocycles. The van der Waals surface area contributed by atoms with Crippen LogP contribution in [-0.4, -0.2) is 25.5 Å². The molecule has 174 valence electrons. The van der Waals surface area contributed by atoms with Crippen LogP contribution in [-0.2, 0) is 12.8 Å². The van der Waals surface area contributed by atoms with Crippen LogP contribution in [0.4, 0.5) is 5.69 Å². The molecule has 5 nitrogen and oxygen atoms in total. The zero-order chi connectivity index (χ0) is 24.5. The number of benzene rings is 3. The molecule has 0 radical (unpaired) electrons. The Morgan fingerprint density at radius 1 is 0.909 bits per heavy atom. The van der Waals surface area contributed by atoms with Gasteiger partial charge in [-0.15, -0.1) is 0 Å². The first-order valence-corrected chi connectivity index (χ1v) is 11.4. The average Bonchev–Trinajstić information content (AvgIpc) is 2.83. The summed E-state index contributed by atoms with van der Waals surface area (Å²) in [5.74, 6) is -1.39. The van der Waals surface area contributed by atoms with Crippen molar-refractivity contribution in [2.75, 3.05) is 18.5 Å². The molecule has 0 bridgehead atoms. The van der Waals surface area contributed by atoms with E-state index >= 15 is 0 Å². The summed E-state index contributed by atoms with van der Waals surface area (Å²) in [4.78, 5) is 26.1. The fraction of sp³-hybridized carbons (Fsp3) is 0.286. The van der Waals surface area contributed by atoms with Crippen molar-refractivity contribution in [3.8, 4) is 0 Å². The fourth-order valence-electron chi connectivity index (χ4n) is 4.29. The van der Waals surface area contributed by atoms with Crippen LogP contribution in [0.1, 0.15) is 62.4 Å². The van der Waals surface area contributed by atoms with Crippen molar-refractivity contribution in [1.29, 1.82) is 0 Å². The fourth-order valence-corrected chi connectivity index (χ4v) is 4.29. The van der Waals surface area contributed by atoms with Crippen LogP contribution >= 0.6 is 0 Å². The van der Waals surface area contributed by atoms with Crippen molar-refractivity contribution in [3.63, 3.8) is 0 Å². The van der Waals surface area contributed by atoms with Gasteiger partial charge in [-0.05, 0) is 79.1 Å². The molecule has 0 atom stereocenters. The molecule has 33 heavy (non-hydrogen) atoms. The molecule has 3 N–H and O–H groups in total. The molecular formula is C28H34N2O3. The van der Waals surface area contributed by atoms with Gasteiger partial charge in [-0.2, -0.15) is 0 Å². The minimum absolute atomic E-state index is 0.0606. The van der Waals surface area contributed by atoms with Crippen molar-refractivity contribution in [2.24, 2.45) is 0 Å². The summed E-state index contributed by atoms with van der Waals surface area (Å²) in [6.45, 7) is 8.75. The maximum atomic E-state index is 13.3. The lowest BCUT2D eigenvalue weighted by Crippen LogP contribution is -2.40. The van der Waals surface area contributed by atoms with E-state index in [1.165, 1.54) is 28.8 Å². The lowest BCUT2D eigenvalue weighted by molar-refractivity contribution is -0.325. The number of anilines is 1. The highest BCUT2D eigenvalue weighted by molar-refractivity contribution is 6.07. The smallest absolute Gasteiger partial charge is 0.258 e. The third-order valence-electron chi connectivity index (χ3n) is 5.75. The molecule has 0 heterocycles. The first-order valence-electron chi connectivity index (χ1n) is 11.4. The molecule has 0 aromatic heterocycles. The molecule has 0 fully saturated rings. The highest BCUT2D eigenvalue weighted by Gasteiger charge is 2.22. The topological polar surface area (TPSA) is 88.1 Å². The minimum Gasteiger partial charge on any atom is -0.545 e. The number of rotatable bonds is 7. The van der Waals surface area contributed by atoms with Gasteiger partial charge in [-0.25, -0.2) is 0 Å². The largest absolute Gasteiger partial charge is 0.545 e. The Hall–Kier alpha value is -3.44. The van der Waals surface area contributed by atoms with Crippen LogP contribution < -0.4 is 15.7 Å². The number of carbonyl (C=O) groups is 2. The van der Waals surface area contributed by atoms with Gasteiger partial charge in [0.05, 0.1) is 18.7 Å². The molecule has 3 rings (SSSR count). The number of aryl methyl sites for hydroxylation is 1. The third kappa shape index (κ3) is 5.88. The lowest BCUT2D eigenvalue weighted by Gasteiger charge is -2.28. The van der Waals surface area contributed by atoms with Gasteiger partial charge in [0.1, 0.15) is 0 Å². The Morgan fingerprint density at radius 2 is 1.48 bits per heavy atom. The van der Waals surface area contributed by atoms with Crippen LogP contribution in [0.5, 0.6) is 0 Å². The van der Waals surface area contributed by atoms with E-state index in [1.54, 1.807) is 24.1 Å². The summed E-state index contributed by atoms with van der Waals surface area (Å²) in [6, 6.07) is 18.5. The van der Waals surface area contributed by atoms with Gasteiger partial charge in [0, 0.05) is 12.1 Å². The summed E-state index contributed by atoms with van der Waals surface area (Å²) in [7, 11) is 1.75. The normalized spacial score (nSPS) is 10.2. The Balaban J connectivity index is 0.00000187. The number of hydrogen-bond acceptors (Lipinski definition) is 3. The molecule has 0 saturated heterocycles. The first-order chi connectivity index (χ1) is 15.9. The van der Waals surface area contributed by atoms with Gasteiger partial charge >= 0.3 is 0 Å². The summed E-state index contributed by atoms with van der Waals surface area (Å²) in [5.41, 5.74) is 10.7. The zero-order valence-corrected chi connectivity index (χ0v) is 20.3. The second-order valence-corrected chi connectivity index (χ2v) is 7.73. The molecule has 0 aliphatic heterocycles. The zero-order valence-electron chi connectivity index (χ0n) is 20.3. The van der Waals surface area contributed by atoms with E-state index in [0.717, 1.165) is 29.7 Å². The van der Waals surface area contributed by atoms with Crippen LogP contribution in [0.3, 0.4) is 0 Å². The average molecular weight is 447 g/mol. The van der Waals surface area contributed by atoms with Gasteiger partial charge < -0.3 is 20.5 Å². The summed E-state index contributed by atoms with van der Waals surface area (Å²) >= 11 is 0. The van der Waals surface area contributed by atoms with E-state index in [-0.39, 0.29) is 11.5 Å². The van der Waals surface area contributed by atoms with Crippen LogP contribution in [0.2, 0.25) is 0 Å². The molecule has 0 aliphatic rings. The van der Waals surface area contributed by atoms with Gasteiger partial charge in [0.15, 0.2) is 0 Å². The number of carboxylic acids is 1. The maximum Gasteiger partial charge on any atom is 0.258 e. The maximum absolute atomic E-state index is 13.3. The number of aromatic carboxylic acids is 1. The summed E-state index contributed by atoms with van der Waals surface area (Å²) in [6.07, 6.45) is 1.74. The number of nitrogens with zero attached hydrogens (tertiary/aromatic N) is 1. The van der Waals surface area contributed by atoms with Crippen molar-refractivity contribution in [2.45, 2.75) is 40.5 Å². The highest BCUT2D eigenvalue weighted by Crippen LogP contribution is 2.33. The predicted molar refractivity (Wildman–Crippen MR) is 131 cm³/mol. The number of carbonyl (C=O) groups excluding carboxylic acids is 2. The Bertz CT molecular complexity index is 1090. The molecule has 3 aromatic rings. The van der Waals surface area contributed by atoms with E-state index in [9.17, 15) is 14.7 Å². The standard InChI is InChI=1S/C27H29NO3.CH5N/c1-5-24-19(4)25(18(3)16-23(24)17-20-10-8-7-9-11-20)28(6-2)26(29)21-12-14-22(15-13-21)27(30)31;1-2/h7-16H,5-6,17H2,1-4H3,(H,30,31);2H2,1H3. The molecule has 0 aliphatic carbocycles. The van der Waals surface area contributed by atoms with Crippen LogP contribution in [0, 0.1) is 13.8 Å². The van der Waals surface area contributed by atoms with Gasteiger partial charge in [0.2, 0.25) is 0 Å². The molecule has 0 saturated carbocycles. The summed E-state index contributed by atoms with van der Waals surface area (Å²) in [5, 5.41) is 11.0. The van der Waals surface area contributed by atoms with E-state index in [2.05, 4.69) is 49.9 Å². The second-order valence-electron chi connectivity index (χ2n) is 7.73. The first kappa shape index (κ1) is 25.8. The van der Waals surface area contributed by atoms with E-state index in [1.807, 2.05) is 19.9 Å². The number of amides is 1. The summed E-state index contributed by atoms with van der Waals surface area (Å²) < 4.78 is 0. The molecule has 0 unspecified atom stereocenters. The number of carboxylic acid groups (broad SMARTS) is 1. The number of quaternary nitrogens is 1. The van der Waals surface area contributed by atoms with Crippen molar-refractivity contribution in [3.05, 3.63) is 99.6 Å². The molecule has 0 spiro atoms. The molecule has 1 amide bonds. The Kier molecular flexibility index (Phi) is 9.37. The minimum atomic E-state index is -1.25. The van der Waals surface area contributed by atoms with Gasteiger partial charge in [0.25, 0.3) is 5.91 Å². The predicted octanol–water partition coefficient (Wildman–Crippen LogP) is 3.34. The molecule has 5 heteroatoms. The molecular weight excluding hydrogens is 412 g/mol.